The predicted molar refractivity (Wildman–Crippen MR) is 105 cm³/mol. The molecule has 0 unspecified atom stereocenters. The molecule has 5 nitrogen and oxygen atoms in total. The van der Waals surface area contributed by atoms with E-state index in [1.54, 1.807) is 16.8 Å². The minimum absolute atomic E-state index is 0.433. The molecule has 0 aliphatic carbocycles. The molecule has 0 fully saturated rings. The number of carbonyl (C=O) groups is 1. The number of nitrogens with one attached hydrogen (secondary N) is 1. The molecule has 1 heterocycles. The Kier molecular flexibility index (Phi) is 6.24. The number of carbonyl (C=O) groups excluding carboxylic acids is 1. The van der Waals surface area contributed by atoms with E-state index in [2.05, 4.69) is 0 Å². The Morgan fingerprint density at radius 3 is 1.85 bits per heavy atom. The third-order valence-electron chi connectivity index (χ3n) is 4.60. The van der Waals surface area contributed by atoms with Crippen molar-refractivity contribution in [3.8, 4) is 0 Å². The van der Waals surface area contributed by atoms with Crippen LogP contribution in [-0.2, 0) is 19.3 Å². The molecule has 0 aliphatic rings. The van der Waals surface area contributed by atoms with Crippen LogP contribution in [-0.4, -0.2) is 27.0 Å². The van der Waals surface area contributed by atoms with Gasteiger partial charge in [0.2, 0.25) is 0 Å². The van der Waals surface area contributed by atoms with Crippen LogP contribution in [0.4, 0.5) is 4.79 Å². The normalized spacial score (nSPS) is 11.2. The van der Waals surface area contributed by atoms with Crippen molar-refractivity contribution in [2.24, 2.45) is 0 Å². The molecule has 0 atom stereocenters. The van der Waals surface area contributed by atoms with Gasteiger partial charge in [-0.2, -0.15) is 16.4 Å². The third-order valence-corrected chi connectivity index (χ3v) is 5.33. The SMILES string of the molecule is O=C(NO)N(O)C(Cc1ccccc1)(Cc1ccccc1)Cc1ccsc1. The molecule has 1 aromatic heterocycles. The summed E-state index contributed by atoms with van der Waals surface area (Å²) in [6.45, 7) is 0. The van der Waals surface area contributed by atoms with Crippen molar-refractivity contribution < 1.29 is 15.2 Å². The van der Waals surface area contributed by atoms with Gasteiger partial charge in [-0.25, -0.2) is 10.3 Å². The van der Waals surface area contributed by atoms with Gasteiger partial charge in [0.15, 0.2) is 0 Å². The van der Waals surface area contributed by atoms with Gasteiger partial charge in [-0.3, -0.25) is 10.4 Å². The van der Waals surface area contributed by atoms with Crippen LogP contribution >= 0.6 is 11.3 Å². The highest BCUT2D eigenvalue weighted by atomic mass is 32.1. The largest absolute Gasteiger partial charge is 0.365 e. The summed E-state index contributed by atoms with van der Waals surface area (Å²) in [7, 11) is 0. The van der Waals surface area contributed by atoms with Crippen LogP contribution in [0.25, 0.3) is 0 Å². The van der Waals surface area contributed by atoms with Crippen molar-refractivity contribution in [3.05, 3.63) is 94.2 Å². The Hall–Kier alpha value is -2.67. The Morgan fingerprint density at radius 2 is 1.41 bits per heavy atom. The monoisotopic (exact) mass is 382 g/mol. The molecule has 0 saturated heterocycles. The lowest BCUT2D eigenvalue weighted by atomic mass is 9.80. The minimum atomic E-state index is -0.962. The average molecular weight is 382 g/mol. The van der Waals surface area contributed by atoms with E-state index < -0.39 is 11.6 Å². The van der Waals surface area contributed by atoms with Crippen molar-refractivity contribution in [1.82, 2.24) is 10.5 Å². The van der Waals surface area contributed by atoms with Gasteiger partial charge in [-0.15, -0.1) is 0 Å². The van der Waals surface area contributed by atoms with Crippen molar-refractivity contribution in [1.29, 1.82) is 0 Å². The van der Waals surface area contributed by atoms with Gasteiger partial charge in [-0.1, -0.05) is 60.7 Å². The highest BCUT2D eigenvalue weighted by molar-refractivity contribution is 7.07. The average Bonchev–Trinajstić information content (AvgIpc) is 3.21. The Bertz CT molecular complexity index is 797. The number of amides is 2. The number of hydrogen-bond donors (Lipinski definition) is 3. The van der Waals surface area contributed by atoms with E-state index in [0.717, 1.165) is 16.7 Å². The van der Waals surface area contributed by atoms with Crippen molar-refractivity contribution in [2.75, 3.05) is 0 Å². The zero-order chi connectivity index (χ0) is 19.1. The number of urea groups is 1. The van der Waals surface area contributed by atoms with Crippen LogP contribution in [0, 0.1) is 0 Å². The molecular weight excluding hydrogens is 360 g/mol. The first-order chi connectivity index (χ1) is 13.1. The van der Waals surface area contributed by atoms with Crippen LogP contribution in [0.2, 0.25) is 0 Å². The van der Waals surface area contributed by atoms with E-state index >= 15 is 0 Å². The fourth-order valence-electron chi connectivity index (χ4n) is 3.40. The van der Waals surface area contributed by atoms with Gasteiger partial charge >= 0.3 is 6.03 Å². The number of rotatable bonds is 7. The summed E-state index contributed by atoms with van der Waals surface area (Å²) >= 11 is 1.57. The first-order valence-corrected chi connectivity index (χ1v) is 9.59. The molecule has 3 rings (SSSR count). The molecule has 0 spiro atoms. The van der Waals surface area contributed by atoms with Gasteiger partial charge in [0.05, 0.1) is 5.54 Å². The van der Waals surface area contributed by atoms with E-state index in [1.807, 2.05) is 77.5 Å². The molecule has 0 bridgehead atoms. The van der Waals surface area contributed by atoms with Crippen LogP contribution in [0.1, 0.15) is 16.7 Å². The lowest BCUT2D eigenvalue weighted by Crippen LogP contribution is -2.57. The molecule has 6 heteroatoms. The summed E-state index contributed by atoms with van der Waals surface area (Å²) < 4.78 is 0. The number of hydrogen-bond acceptors (Lipinski definition) is 4. The maximum Gasteiger partial charge on any atom is 0.365 e. The van der Waals surface area contributed by atoms with E-state index in [-0.39, 0.29) is 0 Å². The molecule has 2 amide bonds. The molecule has 0 aliphatic heterocycles. The predicted octanol–water partition coefficient (Wildman–Crippen LogP) is 4.30. The van der Waals surface area contributed by atoms with Gasteiger partial charge < -0.3 is 0 Å². The van der Waals surface area contributed by atoms with E-state index in [9.17, 15) is 10.0 Å². The fraction of sp³-hybridized carbons (Fsp3) is 0.190. The fourth-order valence-corrected chi connectivity index (χ4v) is 4.07. The third kappa shape index (κ3) is 4.74. The topological polar surface area (TPSA) is 72.8 Å². The molecule has 3 aromatic rings. The van der Waals surface area contributed by atoms with Gasteiger partial charge in [0.1, 0.15) is 0 Å². The number of benzene rings is 2. The molecule has 0 radical (unpaired) electrons. The standard InChI is InChI=1S/C21H22N2O3S/c24-20(22-25)23(26)21(15-19-11-12-27-16-19,13-17-7-3-1-4-8-17)14-18-9-5-2-6-10-18/h1-12,16,25-26H,13-15H2,(H,22,24). The Balaban J connectivity index is 2.05. The maximum atomic E-state index is 12.2. The summed E-state index contributed by atoms with van der Waals surface area (Å²) in [6.07, 6.45) is 1.31. The second kappa shape index (κ2) is 8.81. The summed E-state index contributed by atoms with van der Waals surface area (Å²) in [5.74, 6) is 0. The first-order valence-electron chi connectivity index (χ1n) is 8.65. The molecule has 140 valence electrons. The highest BCUT2D eigenvalue weighted by Crippen LogP contribution is 2.30. The molecular formula is C21H22N2O3S. The highest BCUT2D eigenvalue weighted by Gasteiger charge is 2.40. The summed E-state index contributed by atoms with van der Waals surface area (Å²) in [4.78, 5) is 12.2. The lowest BCUT2D eigenvalue weighted by Gasteiger charge is -2.40. The van der Waals surface area contributed by atoms with E-state index in [1.165, 1.54) is 0 Å². The van der Waals surface area contributed by atoms with Gasteiger partial charge in [0, 0.05) is 0 Å². The van der Waals surface area contributed by atoms with Gasteiger partial charge in [0.25, 0.3) is 0 Å². The minimum Gasteiger partial charge on any atom is -0.287 e. The smallest absolute Gasteiger partial charge is 0.287 e. The van der Waals surface area contributed by atoms with Crippen LogP contribution in [0.15, 0.2) is 77.5 Å². The second-order valence-electron chi connectivity index (χ2n) is 6.59. The Labute approximate surface area is 162 Å². The quantitative estimate of drug-likeness (QED) is 0.421. The number of hydroxylamine groups is 3. The first kappa shape index (κ1) is 19.1. The number of nitrogens with zero attached hydrogens (tertiary/aromatic N) is 1. The molecule has 27 heavy (non-hydrogen) atoms. The van der Waals surface area contributed by atoms with E-state index in [0.29, 0.717) is 24.3 Å². The van der Waals surface area contributed by atoms with Crippen molar-refractivity contribution in [3.63, 3.8) is 0 Å². The zero-order valence-electron chi connectivity index (χ0n) is 14.8. The Morgan fingerprint density at radius 1 is 0.889 bits per heavy atom. The van der Waals surface area contributed by atoms with Crippen LogP contribution in [0.5, 0.6) is 0 Å². The summed E-state index contributed by atoms with van der Waals surface area (Å²) in [6, 6.07) is 20.5. The molecule has 0 saturated carbocycles. The second-order valence-corrected chi connectivity index (χ2v) is 7.37. The molecule has 3 N–H and O–H groups in total. The molecule has 2 aromatic carbocycles. The van der Waals surface area contributed by atoms with Crippen LogP contribution < -0.4 is 5.48 Å². The van der Waals surface area contributed by atoms with Gasteiger partial charge in [-0.05, 0) is 52.8 Å². The van der Waals surface area contributed by atoms with Crippen LogP contribution in [0.3, 0.4) is 0 Å². The summed E-state index contributed by atoms with van der Waals surface area (Å²) in [5.41, 5.74) is 3.61. The van der Waals surface area contributed by atoms with E-state index in [4.69, 9.17) is 5.21 Å². The zero-order valence-corrected chi connectivity index (χ0v) is 15.6. The lowest BCUT2D eigenvalue weighted by molar-refractivity contribution is -0.134. The maximum absolute atomic E-state index is 12.2. The van der Waals surface area contributed by atoms with Crippen molar-refractivity contribution in [2.45, 2.75) is 24.8 Å². The van der Waals surface area contributed by atoms with Crippen molar-refractivity contribution >= 4 is 17.4 Å². The summed E-state index contributed by atoms with van der Waals surface area (Å²) in [5, 5.41) is 24.6. The number of thiophene rings is 1.